The molecule has 1 unspecified atom stereocenters. The largest absolute Gasteiger partial charge is 0.492 e. The SMILES string of the molecule is O=S(=O)(Nc1cccc(C(O)CNCCOc2ccc3c(OC(F)F)n[nH]c3c2)c1)c1ccccc1. The van der Waals surface area contributed by atoms with E-state index in [0.717, 1.165) is 0 Å². The van der Waals surface area contributed by atoms with Crippen LogP contribution in [0.1, 0.15) is 11.7 Å². The second kappa shape index (κ2) is 11.3. The lowest BCUT2D eigenvalue weighted by Gasteiger charge is -2.15. The molecule has 0 aliphatic carbocycles. The zero-order valence-corrected chi connectivity index (χ0v) is 19.7. The third kappa shape index (κ3) is 6.47. The minimum Gasteiger partial charge on any atom is -0.492 e. The first kappa shape index (κ1) is 25.4. The third-order valence-corrected chi connectivity index (χ3v) is 6.56. The molecule has 0 radical (unpaired) electrons. The number of anilines is 1. The van der Waals surface area contributed by atoms with Crippen LogP contribution in [-0.2, 0) is 10.0 Å². The Bertz CT molecular complexity index is 1400. The van der Waals surface area contributed by atoms with E-state index < -0.39 is 22.7 Å². The van der Waals surface area contributed by atoms with E-state index in [2.05, 4.69) is 25.0 Å². The Morgan fingerprint density at radius 2 is 1.83 bits per heavy atom. The number of aliphatic hydroxyl groups excluding tert-OH is 1. The van der Waals surface area contributed by atoms with Gasteiger partial charge in [0.15, 0.2) is 0 Å². The number of nitrogens with one attached hydrogen (secondary N) is 3. The Balaban J connectivity index is 1.25. The molecule has 36 heavy (non-hydrogen) atoms. The molecule has 0 spiro atoms. The second-order valence-corrected chi connectivity index (χ2v) is 9.41. The van der Waals surface area contributed by atoms with Crippen LogP contribution in [0.4, 0.5) is 14.5 Å². The van der Waals surface area contributed by atoms with Gasteiger partial charge in [-0.2, -0.15) is 8.78 Å². The van der Waals surface area contributed by atoms with E-state index in [0.29, 0.717) is 34.4 Å². The summed E-state index contributed by atoms with van der Waals surface area (Å²) in [5, 5.41) is 20.3. The van der Waals surface area contributed by atoms with Crippen molar-refractivity contribution < 1.29 is 31.8 Å². The molecule has 0 saturated heterocycles. The van der Waals surface area contributed by atoms with Crippen LogP contribution >= 0.6 is 0 Å². The van der Waals surface area contributed by atoms with Crippen LogP contribution in [0.15, 0.2) is 77.7 Å². The highest BCUT2D eigenvalue weighted by molar-refractivity contribution is 7.92. The molecule has 0 aliphatic rings. The van der Waals surface area contributed by atoms with Crippen molar-refractivity contribution in [2.24, 2.45) is 0 Å². The van der Waals surface area contributed by atoms with Crippen molar-refractivity contribution in [2.45, 2.75) is 17.6 Å². The summed E-state index contributed by atoms with van der Waals surface area (Å²) in [6.45, 7) is -2.05. The molecule has 3 aromatic carbocycles. The molecule has 0 aliphatic heterocycles. The van der Waals surface area contributed by atoms with Crippen LogP contribution in [0.25, 0.3) is 10.9 Å². The molecule has 4 aromatic rings. The standard InChI is InChI=1S/C24H24F2N4O5S/c25-24(26)35-23-20-10-9-18(14-21(20)28-29-23)34-12-11-27-15-22(31)16-5-4-6-17(13-16)30-36(32,33)19-7-2-1-3-8-19/h1-10,13-14,22,24,27,30-31H,11-12,15H2,(H,28,29). The minimum absolute atomic E-state index is 0.145. The Morgan fingerprint density at radius 3 is 2.61 bits per heavy atom. The number of aliphatic hydroxyl groups is 1. The van der Waals surface area contributed by atoms with Gasteiger partial charge < -0.3 is 19.9 Å². The van der Waals surface area contributed by atoms with E-state index in [1.807, 2.05) is 0 Å². The first-order valence-electron chi connectivity index (χ1n) is 10.9. The number of rotatable bonds is 12. The van der Waals surface area contributed by atoms with Gasteiger partial charge in [0, 0.05) is 24.8 Å². The average molecular weight is 519 g/mol. The normalized spacial score (nSPS) is 12.6. The van der Waals surface area contributed by atoms with Crippen LogP contribution in [0.3, 0.4) is 0 Å². The van der Waals surface area contributed by atoms with Crippen LogP contribution in [0.2, 0.25) is 0 Å². The highest BCUT2D eigenvalue weighted by Gasteiger charge is 2.15. The van der Waals surface area contributed by atoms with Crippen molar-refractivity contribution in [2.75, 3.05) is 24.4 Å². The number of benzene rings is 3. The summed E-state index contributed by atoms with van der Waals surface area (Å²) in [4.78, 5) is 0.145. The quantitative estimate of drug-likeness (QED) is 0.211. The minimum atomic E-state index is -3.73. The number of aromatic nitrogens is 2. The maximum atomic E-state index is 12.5. The van der Waals surface area contributed by atoms with Gasteiger partial charge >= 0.3 is 6.61 Å². The number of H-pyrrole nitrogens is 1. The molecule has 0 bridgehead atoms. The fraction of sp³-hybridized carbons (Fsp3) is 0.208. The molecule has 1 aromatic heterocycles. The molecule has 4 N–H and O–H groups in total. The van der Waals surface area contributed by atoms with Gasteiger partial charge in [0.25, 0.3) is 10.0 Å². The van der Waals surface area contributed by atoms with Crippen molar-refractivity contribution in [3.63, 3.8) is 0 Å². The van der Waals surface area contributed by atoms with E-state index in [-0.39, 0.29) is 23.9 Å². The van der Waals surface area contributed by atoms with Crippen molar-refractivity contribution in [3.8, 4) is 11.6 Å². The molecule has 0 amide bonds. The summed E-state index contributed by atoms with van der Waals surface area (Å²) in [7, 11) is -3.73. The van der Waals surface area contributed by atoms with Crippen molar-refractivity contribution in [1.82, 2.24) is 15.5 Å². The zero-order chi connectivity index (χ0) is 25.5. The van der Waals surface area contributed by atoms with E-state index >= 15 is 0 Å². The van der Waals surface area contributed by atoms with E-state index in [1.54, 1.807) is 60.7 Å². The summed E-state index contributed by atoms with van der Waals surface area (Å²) in [6, 6.07) is 19.4. The van der Waals surface area contributed by atoms with Gasteiger partial charge in [-0.25, -0.2) is 8.42 Å². The molecule has 12 heteroatoms. The molecule has 4 rings (SSSR count). The lowest BCUT2D eigenvalue weighted by molar-refractivity contribution is -0.0518. The summed E-state index contributed by atoms with van der Waals surface area (Å²) >= 11 is 0. The Morgan fingerprint density at radius 1 is 1.03 bits per heavy atom. The Hall–Kier alpha value is -3.74. The van der Waals surface area contributed by atoms with Crippen molar-refractivity contribution in [3.05, 3.63) is 78.4 Å². The molecule has 9 nitrogen and oxygen atoms in total. The second-order valence-electron chi connectivity index (χ2n) is 7.73. The number of ether oxygens (including phenoxy) is 2. The van der Waals surface area contributed by atoms with E-state index in [9.17, 15) is 22.3 Å². The number of hydrogen-bond acceptors (Lipinski definition) is 7. The van der Waals surface area contributed by atoms with E-state index in [4.69, 9.17) is 4.74 Å². The Labute approximate surface area is 206 Å². The van der Waals surface area contributed by atoms with Gasteiger partial charge in [-0.1, -0.05) is 30.3 Å². The van der Waals surface area contributed by atoms with E-state index in [1.165, 1.54) is 12.1 Å². The number of fused-ring (bicyclic) bond motifs is 1. The summed E-state index contributed by atoms with van der Waals surface area (Å²) in [5.74, 6) is 0.328. The lowest BCUT2D eigenvalue weighted by Crippen LogP contribution is -2.26. The fourth-order valence-corrected chi connectivity index (χ4v) is 4.53. The highest BCUT2D eigenvalue weighted by atomic mass is 32.2. The first-order chi connectivity index (χ1) is 17.3. The molecule has 1 atom stereocenters. The Kier molecular flexibility index (Phi) is 7.98. The monoisotopic (exact) mass is 518 g/mol. The van der Waals surface area contributed by atoms with Gasteiger partial charge in [-0.3, -0.25) is 9.82 Å². The van der Waals surface area contributed by atoms with Gasteiger partial charge in [0.05, 0.1) is 21.9 Å². The molecular weight excluding hydrogens is 494 g/mol. The molecule has 1 heterocycles. The predicted octanol–water partition coefficient (Wildman–Crippen LogP) is 3.67. The number of nitrogens with zero attached hydrogens (tertiary/aromatic N) is 1. The maximum absolute atomic E-state index is 12.5. The van der Waals surface area contributed by atoms with Crippen molar-refractivity contribution in [1.29, 1.82) is 0 Å². The topological polar surface area (TPSA) is 126 Å². The average Bonchev–Trinajstić information content (AvgIpc) is 3.25. The fourth-order valence-electron chi connectivity index (χ4n) is 3.46. The first-order valence-corrected chi connectivity index (χ1v) is 12.4. The molecule has 190 valence electrons. The highest BCUT2D eigenvalue weighted by Crippen LogP contribution is 2.27. The smallest absolute Gasteiger partial charge is 0.388 e. The molecular formula is C24H24F2N4O5S. The summed E-state index contributed by atoms with van der Waals surface area (Å²) < 4.78 is 62.4. The third-order valence-electron chi connectivity index (χ3n) is 5.16. The van der Waals surface area contributed by atoms with Crippen LogP contribution < -0.4 is 19.5 Å². The van der Waals surface area contributed by atoms with Crippen molar-refractivity contribution >= 4 is 26.6 Å². The van der Waals surface area contributed by atoms with Gasteiger partial charge in [0.1, 0.15) is 12.4 Å². The summed E-state index contributed by atoms with van der Waals surface area (Å²) in [6.07, 6.45) is -0.874. The van der Waals surface area contributed by atoms with Crippen LogP contribution in [0.5, 0.6) is 11.6 Å². The maximum Gasteiger partial charge on any atom is 0.388 e. The number of aromatic amines is 1. The molecule has 0 saturated carbocycles. The number of alkyl halides is 2. The van der Waals surface area contributed by atoms with Crippen LogP contribution in [-0.4, -0.2) is 50.0 Å². The lowest BCUT2D eigenvalue weighted by atomic mass is 10.1. The van der Waals surface area contributed by atoms with Gasteiger partial charge in [0.2, 0.25) is 5.88 Å². The zero-order valence-electron chi connectivity index (χ0n) is 18.9. The predicted molar refractivity (Wildman–Crippen MR) is 130 cm³/mol. The number of sulfonamides is 1. The van der Waals surface area contributed by atoms with Gasteiger partial charge in [-0.05, 0) is 42.0 Å². The van der Waals surface area contributed by atoms with Gasteiger partial charge in [-0.15, -0.1) is 5.10 Å². The number of halogens is 2. The number of hydrogen-bond donors (Lipinski definition) is 4. The van der Waals surface area contributed by atoms with Crippen LogP contribution in [0, 0.1) is 0 Å². The molecule has 0 fully saturated rings. The summed E-state index contributed by atoms with van der Waals surface area (Å²) in [5.41, 5.74) is 1.38.